The Labute approximate surface area is 225 Å². The van der Waals surface area contributed by atoms with Crippen LogP contribution in [-0.4, -0.2) is 38.3 Å². The molecule has 1 aliphatic rings. The number of imide groups is 1. The molecule has 0 atom stereocenters. The van der Waals surface area contributed by atoms with Crippen molar-refractivity contribution in [1.29, 1.82) is 0 Å². The number of nitro groups is 2. The third kappa shape index (κ3) is 6.10. The highest BCUT2D eigenvalue weighted by Crippen LogP contribution is 2.36. The summed E-state index contributed by atoms with van der Waals surface area (Å²) in [6.45, 7) is 3.30. The van der Waals surface area contributed by atoms with Crippen LogP contribution in [0.1, 0.15) is 16.7 Å². The molecule has 13 heteroatoms. The van der Waals surface area contributed by atoms with Gasteiger partial charge in [0.1, 0.15) is 12.3 Å². The highest BCUT2D eigenvalue weighted by Gasteiger charge is 2.36. The molecule has 0 saturated carbocycles. The second kappa shape index (κ2) is 11.1. The highest BCUT2D eigenvalue weighted by molar-refractivity contribution is 8.18. The van der Waals surface area contributed by atoms with E-state index in [9.17, 15) is 34.6 Å². The molecule has 0 aromatic heterocycles. The second-order valence-corrected chi connectivity index (χ2v) is 9.40. The van der Waals surface area contributed by atoms with E-state index in [0.29, 0.717) is 23.0 Å². The van der Waals surface area contributed by atoms with Gasteiger partial charge in [-0.1, -0.05) is 24.3 Å². The molecule has 1 fully saturated rings. The van der Waals surface area contributed by atoms with E-state index in [1.54, 1.807) is 24.3 Å². The monoisotopic (exact) mass is 548 g/mol. The Hall–Kier alpha value is -5.04. The van der Waals surface area contributed by atoms with Crippen LogP contribution < -0.4 is 10.1 Å². The fourth-order valence-electron chi connectivity index (χ4n) is 3.65. The van der Waals surface area contributed by atoms with Crippen LogP contribution in [0, 0.1) is 34.1 Å². The van der Waals surface area contributed by atoms with Crippen molar-refractivity contribution < 1.29 is 29.0 Å². The van der Waals surface area contributed by atoms with E-state index < -0.39 is 44.8 Å². The predicted molar refractivity (Wildman–Crippen MR) is 143 cm³/mol. The van der Waals surface area contributed by atoms with Crippen LogP contribution in [0.5, 0.6) is 11.5 Å². The van der Waals surface area contributed by atoms with Crippen LogP contribution >= 0.6 is 11.8 Å². The molecule has 0 spiro atoms. The number of amides is 3. The van der Waals surface area contributed by atoms with E-state index >= 15 is 0 Å². The average molecular weight is 549 g/mol. The number of non-ortho nitro benzene ring substituents is 1. The lowest BCUT2D eigenvalue weighted by molar-refractivity contribution is -0.394. The summed E-state index contributed by atoms with van der Waals surface area (Å²) in [5.41, 5.74) is 1.85. The molecule has 0 bridgehead atoms. The largest absolute Gasteiger partial charge is 0.450 e. The van der Waals surface area contributed by atoms with Crippen LogP contribution in [0.2, 0.25) is 0 Å². The third-order valence-electron chi connectivity index (χ3n) is 5.79. The van der Waals surface area contributed by atoms with Crippen LogP contribution in [-0.2, 0) is 9.59 Å². The van der Waals surface area contributed by atoms with Crippen molar-refractivity contribution in [3.05, 3.63) is 102 Å². The highest BCUT2D eigenvalue weighted by atomic mass is 32.2. The standard InChI is InChI=1S/C26H20N4O8S/c1-15-5-3-8-20(16(15)2)27-24(31)14-28-25(32)23(39-26(28)33)12-17-6-4-7-19(11-17)38-22-10-9-18(29(34)35)13-21(22)30(36)37/h3-13H,14H2,1-2H3,(H,27,31)/b23-12+. The molecule has 0 radical (unpaired) electrons. The number of nitrogens with zero attached hydrogens (tertiary/aromatic N) is 3. The number of anilines is 1. The summed E-state index contributed by atoms with van der Waals surface area (Å²) in [6, 6.07) is 14.6. The van der Waals surface area contributed by atoms with Crippen LogP contribution in [0.15, 0.2) is 65.6 Å². The zero-order valence-corrected chi connectivity index (χ0v) is 21.4. The van der Waals surface area contributed by atoms with Gasteiger partial charge < -0.3 is 10.1 Å². The SMILES string of the molecule is Cc1cccc(NC(=O)CN2C(=O)S/C(=C/c3cccc(Oc4ccc([N+](=O)[O-])cc4[N+](=O)[O-])c3)C2=O)c1C. The quantitative estimate of drug-likeness (QED) is 0.215. The number of thioether (sulfide) groups is 1. The summed E-state index contributed by atoms with van der Waals surface area (Å²) < 4.78 is 5.59. The molecular formula is C26H20N4O8S. The molecule has 1 N–H and O–H groups in total. The lowest BCUT2D eigenvalue weighted by Gasteiger charge is -2.14. The second-order valence-electron chi connectivity index (χ2n) is 8.40. The first kappa shape index (κ1) is 27.0. The maximum absolute atomic E-state index is 12.9. The smallest absolute Gasteiger partial charge is 0.318 e. The Balaban J connectivity index is 1.49. The summed E-state index contributed by atoms with van der Waals surface area (Å²) in [5.74, 6) is -1.21. The van der Waals surface area contributed by atoms with E-state index in [2.05, 4.69) is 5.32 Å². The number of nitro benzene ring substituents is 2. The summed E-state index contributed by atoms with van der Waals surface area (Å²) in [5, 5.41) is 24.5. The number of carbonyl (C=O) groups excluding carboxylic acids is 3. The van der Waals surface area contributed by atoms with Crippen LogP contribution in [0.3, 0.4) is 0 Å². The fourth-order valence-corrected chi connectivity index (χ4v) is 4.49. The van der Waals surface area contributed by atoms with Gasteiger partial charge in [-0.05, 0) is 72.6 Å². The molecule has 1 aliphatic heterocycles. The van der Waals surface area contributed by atoms with Crippen LogP contribution in [0.25, 0.3) is 6.08 Å². The van der Waals surface area contributed by atoms with Gasteiger partial charge in [0.25, 0.3) is 16.8 Å². The molecule has 1 heterocycles. The predicted octanol–water partition coefficient (Wildman–Crippen LogP) is 5.59. The van der Waals surface area contributed by atoms with Crippen molar-refractivity contribution in [2.24, 2.45) is 0 Å². The third-order valence-corrected chi connectivity index (χ3v) is 6.70. The minimum atomic E-state index is -0.793. The topological polar surface area (TPSA) is 162 Å². The zero-order chi connectivity index (χ0) is 28.3. The number of nitrogens with one attached hydrogen (secondary N) is 1. The Bertz CT molecular complexity index is 1570. The zero-order valence-electron chi connectivity index (χ0n) is 20.6. The average Bonchev–Trinajstić information content (AvgIpc) is 3.14. The molecule has 3 aromatic rings. The maximum Gasteiger partial charge on any atom is 0.318 e. The van der Waals surface area contributed by atoms with E-state index in [1.807, 2.05) is 19.9 Å². The molecule has 12 nitrogen and oxygen atoms in total. The van der Waals surface area contributed by atoms with Crippen molar-refractivity contribution in [2.75, 3.05) is 11.9 Å². The van der Waals surface area contributed by atoms with Gasteiger partial charge in [0.05, 0.1) is 20.8 Å². The number of benzene rings is 3. The van der Waals surface area contributed by atoms with Crippen molar-refractivity contribution in [3.8, 4) is 11.5 Å². The summed E-state index contributed by atoms with van der Waals surface area (Å²) in [4.78, 5) is 59.6. The Morgan fingerprint density at radius 1 is 1.03 bits per heavy atom. The van der Waals surface area contributed by atoms with Gasteiger partial charge >= 0.3 is 5.69 Å². The van der Waals surface area contributed by atoms with Crippen molar-refractivity contribution >= 4 is 52.0 Å². The molecule has 3 amide bonds. The first-order valence-electron chi connectivity index (χ1n) is 11.4. The van der Waals surface area contributed by atoms with Gasteiger partial charge in [-0.2, -0.15) is 0 Å². The van der Waals surface area contributed by atoms with E-state index in [4.69, 9.17) is 4.74 Å². The van der Waals surface area contributed by atoms with E-state index in [-0.39, 0.29) is 16.4 Å². The number of aryl methyl sites for hydroxylation is 1. The van der Waals surface area contributed by atoms with Crippen molar-refractivity contribution in [1.82, 2.24) is 4.90 Å². The minimum absolute atomic E-state index is 0.0815. The number of ether oxygens (including phenoxy) is 1. The van der Waals surface area contributed by atoms with Gasteiger partial charge in [-0.25, -0.2) is 0 Å². The molecular weight excluding hydrogens is 528 g/mol. The Kier molecular flexibility index (Phi) is 7.72. The van der Waals surface area contributed by atoms with Gasteiger partial charge in [0.2, 0.25) is 11.7 Å². The van der Waals surface area contributed by atoms with Gasteiger partial charge in [0, 0.05) is 11.8 Å². The van der Waals surface area contributed by atoms with Gasteiger partial charge in [0.15, 0.2) is 0 Å². The van der Waals surface area contributed by atoms with Crippen molar-refractivity contribution in [2.45, 2.75) is 13.8 Å². The van der Waals surface area contributed by atoms with E-state index in [1.165, 1.54) is 18.2 Å². The van der Waals surface area contributed by atoms with Crippen LogP contribution in [0.4, 0.5) is 21.9 Å². The maximum atomic E-state index is 12.9. The Morgan fingerprint density at radius 2 is 1.77 bits per heavy atom. The molecule has 0 aliphatic carbocycles. The number of carbonyl (C=O) groups is 3. The summed E-state index contributed by atoms with van der Waals surface area (Å²) >= 11 is 0.676. The molecule has 39 heavy (non-hydrogen) atoms. The van der Waals surface area contributed by atoms with Gasteiger partial charge in [-0.15, -0.1) is 0 Å². The number of hydrogen-bond donors (Lipinski definition) is 1. The normalized spacial score (nSPS) is 14.0. The molecule has 0 unspecified atom stereocenters. The first-order chi connectivity index (χ1) is 18.5. The lowest BCUT2D eigenvalue weighted by atomic mass is 10.1. The summed E-state index contributed by atoms with van der Waals surface area (Å²) in [7, 11) is 0. The van der Waals surface area contributed by atoms with E-state index in [0.717, 1.165) is 34.2 Å². The van der Waals surface area contributed by atoms with Crippen molar-refractivity contribution in [3.63, 3.8) is 0 Å². The Morgan fingerprint density at radius 3 is 2.49 bits per heavy atom. The van der Waals surface area contributed by atoms with Gasteiger partial charge in [-0.3, -0.25) is 39.5 Å². The fraction of sp³-hybridized carbons (Fsp3) is 0.115. The number of hydrogen-bond acceptors (Lipinski definition) is 9. The lowest BCUT2D eigenvalue weighted by Crippen LogP contribution is -2.36. The molecule has 198 valence electrons. The molecule has 1 saturated heterocycles. The first-order valence-corrected chi connectivity index (χ1v) is 12.2. The molecule has 3 aromatic carbocycles. The minimum Gasteiger partial charge on any atom is -0.450 e. The number of rotatable bonds is 8. The summed E-state index contributed by atoms with van der Waals surface area (Å²) in [6.07, 6.45) is 1.44. The molecule has 4 rings (SSSR count).